The molecule has 0 radical (unpaired) electrons. The van der Waals surface area contributed by atoms with Gasteiger partial charge in [-0.15, -0.1) is 0 Å². The van der Waals surface area contributed by atoms with E-state index in [0.29, 0.717) is 25.0 Å². The molecule has 1 amide bonds. The number of nitrogens with zero attached hydrogens (tertiary/aromatic N) is 1. The first kappa shape index (κ1) is 11.6. The molecule has 1 heterocycles. The predicted octanol–water partition coefficient (Wildman–Crippen LogP) is 0.966. The van der Waals surface area contributed by atoms with Crippen LogP contribution in [0.3, 0.4) is 0 Å². The third-order valence-electron chi connectivity index (χ3n) is 2.97. The van der Waals surface area contributed by atoms with E-state index in [1.807, 2.05) is 0 Å². The Morgan fingerprint density at radius 3 is 2.82 bits per heavy atom. The summed E-state index contributed by atoms with van der Waals surface area (Å²) in [5.74, 6) is -1.31. The summed E-state index contributed by atoms with van der Waals surface area (Å²) in [5.41, 5.74) is 0.644. The Morgan fingerprint density at radius 2 is 2.29 bits per heavy atom. The molecule has 17 heavy (non-hydrogen) atoms. The zero-order valence-corrected chi connectivity index (χ0v) is 9.47. The molecule has 1 aliphatic carbocycles. The molecule has 6 heteroatoms. The van der Waals surface area contributed by atoms with Crippen LogP contribution in [-0.2, 0) is 4.79 Å². The monoisotopic (exact) mass is 238 g/mol. The number of hydrogen-bond acceptors (Lipinski definition) is 4. The van der Waals surface area contributed by atoms with E-state index in [4.69, 9.17) is 9.63 Å². The second-order valence-corrected chi connectivity index (χ2v) is 4.35. The lowest BCUT2D eigenvalue weighted by Crippen LogP contribution is -2.33. The molecular formula is C11H14N2O4. The SMILES string of the molecule is Cc1cc(C(=O)NC2CCC(C(=O)O)C2)on1. The highest BCUT2D eigenvalue weighted by atomic mass is 16.5. The number of aryl methyl sites for hydroxylation is 1. The lowest BCUT2D eigenvalue weighted by Gasteiger charge is -2.10. The van der Waals surface area contributed by atoms with Crippen molar-refractivity contribution >= 4 is 11.9 Å². The van der Waals surface area contributed by atoms with Gasteiger partial charge in [0.2, 0.25) is 5.76 Å². The zero-order valence-electron chi connectivity index (χ0n) is 9.47. The predicted molar refractivity (Wildman–Crippen MR) is 57.5 cm³/mol. The third kappa shape index (κ3) is 2.64. The lowest BCUT2D eigenvalue weighted by atomic mass is 10.1. The number of aliphatic carboxylic acids is 1. The molecule has 1 saturated carbocycles. The van der Waals surface area contributed by atoms with Gasteiger partial charge in [-0.2, -0.15) is 0 Å². The van der Waals surface area contributed by atoms with E-state index in [1.165, 1.54) is 0 Å². The van der Waals surface area contributed by atoms with Crippen molar-refractivity contribution in [2.45, 2.75) is 32.2 Å². The summed E-state index contributed by atoms with van der Waals surface area (Å²) in [6.45, 7) is 1.73. The second-order valence-electron chi connectivity index (χ2n) is 4.35. The van der Waals surface area contributed by atoms with Gasteiger partial charge >= 0.3 is 5.97 Å². The molecule has 2 unspecified atom stereocenters. The lowest BCUT2D eigenvalue weighted by molar-refractivity contribution is -0.141. The van der Waals surface area contributed by atoms with Gasteiger partial charge in [0.1, 0.15) is 0 Å². The molecule has 2 atom stereocenters. The summed E-state index contributed by atoms with van der Waals surface area (Å²) in [6, 6.07) is 1.47. The summed E-state index contributed by atoms with van der Waals surface area (Å²) in [5, 5.41) is 15.2. The highest BCUT2D eigenvalue weighted by molar-refractivity contribution is 5.91. The van der Waals surface area contributed by atoms with Crippen molar-refractivity contribution in [1.29, 1.82) is 0 Å². The molecule has 0 saturated heterocycles. The van der Waals surface area contributed by atoms with Gasteiger partial charge in [-0.05, 0) is 26.2 Å². The van der Waals surface area contributed by atoms with Gasteiger partial charge in [-0.25, -0.2) is 0 Å². The number of hydrogen-bond donors (Lipinski definition) is 2. The number of carboxylic acids is 1. The molecule has 1 aromatic heterocycles. The van der Waals surface area contributed by atoms with Crippen LogP contribution in [0.1, 0.15) is 35.5 Å². The Bertz CT molecular complexity index is 440. The minimum Gasteiger partial charge on any atom is -0.481 e. The standard InChI is InChI=1S/C11H14N2O4/c1-6-4-9(17-13-6)10(14)12-8-3-2-7(5-8)11(15)16/h4,7-8H,2-3,5H2,1H3,(H,12,14)(H,15,16). The van der Waals surface area contributed by atoms with E-state index >= 15 is 0 Å². The van der Waals surface area contributed by atoms with Gasteiger partial charge < -0.3 is 14.9 Å². The Balaban J connectivity index is 1.90. The minimum atomic E-state index is -0.794. The van der Waals surface area contributed by atoms with E-state index in [1.54, 1.807) is 13.0 Å². The Kier molecular flexibility index (Phi) is 3.12. The van der Waals surface area contributed by atoms with Crippen LogP contribution >= 0.6 is 0 Å². The van der Waals surface area contributed by atoms with Crippen LogP contribution in [0.15, 0.2) is 10.6 Å². The van der Waals surface area contributed by atoms with Crippen molar-refractivity contribution in [3.05, 3.63) is 17.5 Å². The number of rotatable bonds is 3. The van der Waals surface area contributed by atoms with Crippen LogP contribution in [-0.4, -0.2) is 28.2 Å². The largest absolute Gasteiger partial charge is 0.481 e. The fourth-order valence-corrected chi connectivity index (χ4v) is 2.06. The number of carbonyl (C=O) groups excluding carboxylic acids is 1. The second kappa shape index (κ2) is 4.57. The average Bonchev–Trinajstić information content (AvgIpc) is 2.86. The van der Waals surface area contributed by atoms with Gasteiger partial charge in [0, 0.05) is 12.1 Å². The Hall–Kier alpha value is -1.85. The number of carbonyl (C=O) groups is 2. The quantitative estimate of drug-likeness (QED) is 0.818. The molecule has 0 aliphatic heterocycles. The van der Waals surface area contributed by atoms with Crippen LogP contribution in [0.5, 0.6) is 0 Å². The van der Waals surface area contributed by atoms with E-state index in [9.17, 15) is 9.59 Å². The maximum absolute atomic E-state index is 11.7. The van der Waals surface area contributed by atoms with Crippen molar-refractivity contribution < 1.29 is 19.2 Å². The third-order valence-corrected chi connectivity index (χ3v) is 2.97. The zero-order chi connectivity index (χ0) is 12.4. The van der Waals surface area contributed by atoms with Crippen molar-refractivity contribution in [2.75, 3.05) is 0 Å². The summed E-state index contributed by atoms with van der Waals surface area (Å²) < 4.78 is 4.83. The van der Waals surface area contributed by atoms with E-state index < -0.39 is 5.97 Å². The normalized spacial score (nSPS) is 23.6. The van der Waals surface area contributed by atoms with Crippen LogP contribution in [0.2, 0.25) is 0 Å². The fraction of sp³-hybridized carbons (Fsp3) is 0.545. The molecule has 1 fully saturated rings. The number of carboxylic acid groups (broad SMARTS) is 1. The highest BCUT2D eigenvalue weighted by Crippen LogP contribution is 2.25. The summed E-state index contributed by atoms with van der Waals surface area (Å²) in [4.78, 5) is 22.5. The van der Waals surface area contributed by atoms with Gasteiger partial charge in [-0.3, -0.25) is 9.59 Å². The average molecular weight is 238 g/mol. The van der Waals surface area contributed by atoms with Crippen molar-refractivity contribution in [1.82, 2.24) is 10.5 Å². The van der Waals surface area contributed by atoms with Gasteiger partial charge in [-0.1, -0.05) is 5.16 Å². The van der Waals surface area contributed by atoms with Gasteiger partial charge in [0.25, 0.3) is 5.91 Å². The molecule has 2 N–H and O–H groups in total. The molecule has 1 aliphatic rings. The van der Waals surface area contributed by atoms with Crippen molar-refractivity contribution in [3.8, 4) is 0 Å². The molecule has 92 valence electrons. The smallest absolute Gasteiger partial charge is 0.306 e. The summed E-state index contributed by atoms with van der Waals surface area (Å²) >= 11 is 0. The molecule has 1 aromatic rings. The first-order valence-corrected chi connectivity index (χ1v) is 5.53. The van der Waals surface area contributed by atoms with Crippen molar-refractivity contribution in [3.63, 3.8) is 0 Å². The number of nitrogens with one attached hydrogen (secondary N) is 1. The molecule has 0 bridgehead atoms. The minimum absolute atomic E-state index is 0.0889. The Labute approximate surface area is 98.0 Å². The molecule has 2 rings (SSSR count). The first-order chi connectivity index (χ1) is 8.06. The molecule has 0 aromatic carbocycles. The molecular weight excluding hydrogens is 224 g/mol. The van der Waals surface area contributed by atoms with E-state index in [0.717, 1.165) is 0 Å². The maximum Gasteiger partial charge on any atom is 0.306 e. The van der Waals surface area contributed by atoms with E-state index in [2.05, 4.69) is 10.5 Å². The fourth-order valence-electron chi connectivity index (χ4n) is 2.06. The van der Waals surface area contributed by atoms with Crippen LogP contribution < -0.4 is 5.32 Å². The number of aromatic nitrogens is 1. The Morgan fingerprint density at radius 1 is 1.53 bits per heavy atom. The van der Waals surface area contributed by atoms with Crippen LogP contribution in [0.4, 0.5) is 0 Å². The van der Waals surface area contributed by atoms with Crippen molar-refractivity contribution in [2.24, 2.45) is 5.92 Å². The number of amides is 1. The maximum atomic E-state index is 11.7. The topological polar surface area (TPSA) is 92.4 Å². The summed E-state index contributed by atoms with van der Waals surface area (Å²) in [6.07, 6.45) is 1.78. The van der Waals surface area contributed by atoms with Crippen LogP contribution in [0.25, 0.3) is 0 Å². The van der Waals surface area contributed by atoms with E-state index in [-0.39, 0.29) is 23.6 Å². The first-order valence-electron chi connectivity index (χ1n) is 5.53. The van der Waals surface area contributed by atoms with Gasteiger partial charge in [0.05, 0.1) is 11.6 Å². The van der Waals surface area contributed by atoms with Crippen LogP contribution in [0, 0.1) is 12.8 Å². The van der Waals surface area contributed by atoms with Gasteiger partial charge in [0.15, 0.2) is 0 Å². The molecule has 6 nitrogen and oxygen atoms in total. The highest BCUT2D eigenvalue weighted by Gasteiger charge is 2.31. The molecule has 0 spiro atoms. The summed E-state index contributed by atoms with van der Waals surface area (Å²) in [7, 11) is 0.